The number of ether oxygens (including phenoxy) is 2. The predicted octanol–water partition coefficient (Wildman–Crippen LogP) is 4.04. The Balaban J connectivity index is 1.80. The molecule has 1 heterocycles. The number of carbonyl (C=O) groups is 1. The summed E-state index contributed by atoms with van der Waals surface area (Å²) in [6, 6.07) is 11.2. The van der Waals surface area contributed by atoms with Crippen molar-refractivity contribution < 1.29 is 35.9 Å². The SMILES string of the molecule is COc1cc(NS(=O)(=O)c2cccc(OC(F)(F)F)c2)ccc1NC(=O)c1cccnc1. The average Bonchev–Trinajstić information content (AvgIpc) is 2.74. The van der Waals surface area contributed by atoms with Crippen LogP contribution in [0.5, 0.6) is 11.5 Å². The van der Waals surface area contributed by atoms with Crippen molar-refractivity contribution in [1.29, 1.82) is 0 Å². The minimum absolute atomic E-state index is 0.0587. The molecule has 0 unspecified atom stereocenters. The summed E-state index contributed by atoms with van der Waals surface area (Å²) in [6.07, 6.45) is -2.07. The van der Waals surface area contributed by atoms with Crippen LogP contribution in [0, 0.1) is 0 Å². The Kier molecular flexibility index (Phi) is 6.53. The lowest BCUT2D eigenvalue weighted by Crippen LogP contribution is -2.18. The van der Waals surface area contributed by atoms with E-state index in [0.29, 0.717) is 5.56 Å². The molecule has 168 valence electrons. The Morgan fingerprint density at radius 1 is 1.06 bits per heavy atom. The topological polar surface area (TPSA) is 107 Å². The lowest BCUT2D eigenvalue weighted by Gasteiger charge is -2.14. The van der Waals surface area contributed by atoms with Crippen LogP contribution in [0.3, 0.4) is 0 Å². The summed E-state index contributed by atoms with van der Waals surface area (Å²) in [5.74, 6) is -0.978. The van der Waals surface area contributed by atoms with Gasteiger partial charge in [0, 0.05) is 24.5 Å². The van der Waals surface area contributed by atoms with Crippen LogP contribution in [0.25, 0.3) is 0 Å². The maximum atomic E-state index is 12.6. The van der Waals surface area contributed by atoms with Gasteiger partial charge < -0.3 is 14.8 Å². The number of halogens is 3. The van der Waals surface area contributed by atoms with Gasteiger partial charge in [-0.25, -0.2) is 8.42 Å². The molecular weight excluding hydrogens is 451 g/mol. The second-order valence-electron chi connectivity index (χ2n) is 6.24. The standard InChI is InChI=1S/C20H16F3N3O5S/c1-30-18-10-14(7-8-17(18)25-19(27)13-4-3-9-24-12-13)26-32(28,29)16-6-2-5-15(11-16)31-20(21,22)23/h2-12,26H,1H3,(H,25,27). The van der Waals surface area contributed by atoms with Crippen molar-refractivity contribution in [2.24, 2.45) is 0 Å². The number of aromatic nitrogens is 1. The zero-order chi connectivity index (χ0) is 23.4. The van der Waals surface area contributed by atoms with Gasteiger partial charge in [0.05, 0.1) is 28.9 Å². The highest BCUT2D eigenvalue weighted by Gasteiger charge is 2.31. The minimum atomic E-state index is -4.96. The maximum absolute atomic E-state index is 12.6. The van der Waals surface area contributed by atoms with Crippen LogP contribution in [0.1, 0.15) is 10.4 Å². The summed E-state index contributed by atoms with van der Waals surface area (Å²) in [4.78, 5) is 15.7. The number of rotatable bonds is 7. The van der Waals surface area contributed by atoms with E-state index in [1.54, 1.807) is 12.1 Å². The van der Waals surface area contributed by atoms with E-state index in [-0.39, 0.29) is 17.1 Å². The molecule has 0 aliphatic carbocycles. The molecule has 8 nitrogen and oxygen atoms in total. The number of alkyl halides is 3. The first-order valence-corrected chi connectivity index (χ1v) is 10.3. The summed E-state index contributed by atoms with van der Waals surface area (Å²) in [5, 5.41) is 2.62. The molecule has 1 amide bonds. The lowest BCUT2D eigenvalue weighted by atomic mass is 10.2. The van der Waals surface area contributed by atoms with Crippen molar-refractivity contribution in [2.75, 3.05) is 17.1 Å². The Morgan fingerprint density at radius 3 is 2.50 bits per heavy atom. The quantitative estimate of drug-likeness (QED) is 0.543. The molecule has 2 aromatic carbocycles. The normalized spacial score (nSPS) is 11.5. The number of nitrogens with zero attached hydrogens (tertiary/aromatic N) is 1. The molecule has 0 aliphatic heterocycles. The highest BCUT2D eigenvalue weighted by molar-refractivity contribution is 7.92. The predicted molar refractivity (Wildman–Crippen MR) is 109 cm³/mol. The number of nitrogens with one attached hydrogen (secondary N) is 2. The van der Waals surface area contributed by atoms with Crippen molar-refractivity contribution >= 4 is 27.3 Å². The van der Waals surface area contributed by atoms with Gasteiger partial charge in [-0.1, -0.05) is 6.07 Å². The second kappa shape index (κ2) is 9.14. The number of amides is 1. The van der Waals surface area contributed by atoms with Gasteiger partial charge in [0.2, 0.25) is 0 Å². The molecule has 2 N–H and O–H groups in total. The van der Waals surface area contributed by atoms with Crippen LogP contribution >= 0.6 is 0 Å². The third kappa shape index (κ3) is 5.88. The maximum Gasteiger partial charge on any atom is 0.573 e. The molecule has 0 saturated heterocycles. The lowest BCUT2D eigenvalue weighted by molar-refractivity contribution is -0.274. The number of methoxy groups -OCH3 is 1. The molecule has 0 bridgehead atoms. The number of sulfonamides is 1. The van der Waals surface area contributed by atoms with Crippen LogP contribution in [-0.4, -0.2) is 32.8 Å². The van der Waals surface area contributed by atoms with Gasteiger partial charge >= 0.3 is 6.36 Å². The van der Waals surface area contributed by atoms with Crippen molar-refractivity contribution in [1.82, 2.24) is 4.98 Å². The molecule has 0 radical (unpaired) electrons. The van der Waals surface area contributed by atoms with Gasteiger partial charge in [0.15, 0.2) is 0 Å². The first-order valence-electron chi connectivity index (χ1n) is 8.85. The summed E-state index contributed by atoms with van der Waals surface area (Å²) < 4.78 is 73.6. The second-order valence-corrected chi connectivity index (χ2v) is 7.92. The third-order valence-corrected chi connectivity index (χ3v) is 5.35. The van der Waals surface area contributed by atoms with E-state index in [1.165, 1.54) is 37.7 Å². The highest BCUT2D eigenvalue weighted by atomic mass is 32.2. The largest absolute Gasteiger partial charge is 0.573 e. The van der Waals surface area contributed by atoms with Crippen LogP contribution < -0.4 is 19.5 Å². The van der Waals surface area contributed by atoms with Crippen molar-refractivity contribution in [3.63, 3.8) is 0 Å². The third-order valence-electron chi connectivity index (χ3n) is 3.98. The van der Waals surface area contributed by atoms with Gasteiger partial charge in [-0.05, 0) is 36.4 Å². The first-order chi connectivity index (χ1) is 15.1. The van der Waals surface area contributed by atoms with E-state index in [2.05, 4.69) is 19.8 Å². The average molecular weight is 467 g/mol. The Labute approximate surface area is 181 Å². The Bertz CT molecular complexity index is 1220. The van der Waals surface area contributed by atoms with Crippen LogP contribution in [0.2, 0.25) is 0 Å². The molecule has 0 aliphatic rings. The number of pyridine rings is 1. The summed E-state index contributed by atoms with van der Waals surface area (Å²) in [7, 11) is -2.92. The van der Waals surface area contributed by atoms with E-state index < -0.39 is 32.9 Å². The van der Waals surface area contributed by atoms with Gasteiger partial charge in [-0.15, -0.1) is 13.2 Å². The van der Waals surface area contributed by atoms with Crippen LogP contribution in [0.15, 0.2) is 71.9 Å². The number of carbonyl (C=O) groups excluding carboxylic acids is 1. The molecule has 0 saturated carbocycles. The summed E-state index contributed by atoms with van der Waals surface area (Å²) >= 11 is 0. The fraction of sp³-hybridized carbons (Fsp3) is 0.100. The first kappa shape index (κ1) is 22.9. The summed E-state index contributed by atoms with van der Waals surface area (Å²) in [6.45, 7) is 0. The highest BCUT2D eigenvalue weighted by Crippen LogP contribution is 2.30. The number of benzene rings is 2. The molecule has 3 aromatic rings. The van der Waals surface area contributed by atoms with Gasteiger partial charge in [-0.2, -0.15) is 0 Å². The van der Waals surface area contributed by atoms with Crippen LogP contribution in [0.4, 0.5) is 24.5 Å². The van der Waals surface area contributed by atoms with E-state index in [0.717, 1.165) is 24.3 Å². The van der Waals surface area contributed by atoms with E-state index in [4.69, 9.17) is 4.74 Å². The molecule has 0 spiro atoms. The van der Waals surface area contributed by atoms with Gasteiger partial charge in [-0.3, -0.25) is 14.5 Å². The molecule has 0 atom stereocenters. The molecule has 12 heteroatoms. The van der Waals surface area contributed by atoms with Crippen molar-refractivity contribution in [3.05, 3.63) is 72.6 Å². The monoisotopic (exact) mass is 467 g/mol. The Morgan fingerprint density at radius 2 is 1.84 bits per heavy atom. The van der Waals surface area contributed by atoms with E-state index >= 15 is 0 Å². The molecule has 32 heavy (non-hydrogen) atoms. The zero-order valence-electron chi connectivity index (χ0n) is 16.4. The number of hydrogen-bond acceptors (Lipinski definition) is 6. The smallest absolute Gasteiger partial charge is 0.494 e. The van der Waals surface area contributed by atoms with E-state index in [1.807, 2.05) is 0 Å². The fourth-order valence-corrected chi connectivity index (χ4v) is 3.69. The summed E-state index contributed by atoms with van der Waals surface area (Å²) in [5.41, 5.74) is 0.633. The molecule has 0 fully saturated rings. The fourth-order valence-electron chi connectivity index (χ4n) is 2.60. The van der Waals surface area contributed by atoms with Crippen LogP contribution in [-0.2, 0) is 10.0 Å². The number of anilines is 2. The van der Waals surface area contributed by atoms with Crippen molar-refractivity contribution in [3.8, 4) is 11.5 Å². The van der Waals surface area contributed by atoms with Gasteiger partial charge in [0.1, 0.15) is 11.5 Å². The number of hydrogen-bond donors (Lipinski definition) is 2. The molecule has 1 aromatic heterocycles. The Hall–Kier alpha value is -3.80. The minimum Gasteiger partial charge on any atom is -0.494 e. The van der Waals surface area contributed by atoms with Gasteiger partial charge in [0.25, 0.3) is 15.9 Å². The zero-order valence-corrected chi connectivity index (χ0v) is 17.2. The molecular formula is C20H16F3N3O5S. The molecule has 3 rings (SSSR count). The van der Waals surface area contributed by atoms with E-state index in [9.17, 15) is 26.4 Å². The van der Waals surface area contributed by atoms with Crippen molar-refractivity contribution in [2.45, 2.75) is 11.3 Å².